The lowest BCUT2D eigenvalue weighted by Gasteiger charge is -2.06. The Labute approximate surface area is 148 Å². The van der Waals surface area contributed by atoms with Gasteiger partial charge in [0.15, 0.2) is 0 Å². The van der Waals surface area contributed by atoms with E-state index < -0.39 is 0 Å². The van der Waals surface area contributed by atoms with Gasteiger partial charge < -0.3 is 10.9 Å². The molecular formula is C20H37NOS. The number of benzene rings is 1. The quantitative estimate of drug-likeness (QED) is 0.354. The van der Waals surface area contributed by atoms with Gasteiger partial charge in [0.1, 0.15) is 5.75 Å². The molecule has 0 spiro atoms. The second-order valence-electron chi connectivity index (χ2n) is 5.96. The van der Waals surface area contributed by atoms with E-state index in [1.165, 1.54) is 75.7 Å². The van der Waals surface area contributed by atoms with E-state index in [0.29, 0.717) is 0 Å². The van der Waals surface area contributed by atoms with Crippen LogP contribution < -0.4 is 10.9 Å². The molecule has 3 N–H and O–H groups in total. The first-order chi connectivity index (χ1) is 10.9. The number of para-hydroxylation sites is 1. The molecule has 23 heavy (non-hydrogen) atoms. The third kappa shape index (κ3) is 14.6. The molecule has 1 aromatic carbocycles. The van der Waals surface area contributed by atoms with Crippen LogP contribution >= 0.6 is 11.8 Å². The average molecular weight is 340 g/mol. The van der Waals surface area contributed by atoms with Gasteiger partial charge in [0.05, 0.1) is 6.61 Å². The van der Waals surface area contributed by atoms with Crippen LogP contribution in [0.2, 0.25) is 0 Å². The van der Waals surface area contributed by atoms with Crippen molar-refractivity contribution >= 4 is 11.8 Å². The summed E-state index contributed by atoms with van der Waals surface area (Å²) < 4.78 is 5.70. The summed E-state index contributed by atoms with van der Waals surface area (Å²) in [5.74, 6) is 3.71. The molecule has 0 amide bonds. The second kappa shape index (κ2) is 17.7. The maximum atomic E-state index is 5.70. The van der Waals surface area contributed by atoms with Crippen LogP contribution in [-0.4, -0.2) is 18.1 Å². The van der Waals surface area contributed by atoms with Crippen LogP contribution in [0, 0.1) is 0 Å². The molecule has 0 saturated heterocycles. The van der Waals surface area contributed by atoms with Gasteiger partial charge in [-0.25, -0.2) is 0 Å². The van der Waals surface area contributed by atoms with Crippen molar-refractivity contribution in [3.8, 4) is 5.75 Å². The van der Waals surface area contributed by atoms with E-state index in [1.807, 2.05) is 30.3 Å². The first kappa shape index (κ1) is 22.3. The van der Waals surface area contributed by atoms with Crippen LogP contribution in [0.5, 0.6) is 5.75 Å². The molecule has 134 valence electrons. The van der Waals surface area contributed by atoms with E-state index in [2.05, 4.69) is 18.7 Å². The molecule has 0 unspecified atom stereocenters. The second-order valence-corrected chi connectivity index (χ2v) is 7.18. The Morgan fingerprint density at radius 2 is 1.30 bits per heavy atom. The Bertz CT molecular complexity index is 332. The van der Waals surface area contributed by atoms with Crippen molar-refractivity contribution in [3.63, 3.8) is 0 Å². The summed E-state index contributed by atoms with van der Waals surface area (Å²) in [6.07, 6.45) is 13.7. The van der Waals surface area contributed by atoms with Crippen LogP contribution in [0.25, 0.3) is 0 Å². The zero-order valence-electron chi connectivity index (χ0n) is 15.1. The lowest BCUT2D eigenvalue weighted by molar-refractivity contribution is 0.304. The fourth-order valence-electron chi connectivity index (χ4n) is 2.50. The van der Waals surface area contributed by atoms with Crippen molar-refractivity contribution in [3.05, 3.63) is 30.3 Å². The highest BCUT2D eigenvalue weighted by molar-refractivity contribution is 7.99. The van der Waals surface area contributed by atoms with Crippen LogP contribution in [0.3, 0.4) is 0 Å². The number of ether oxygens (including phenoxy) is 1. The molecular weight excluding hydrogens is 302 g/mol. The molecule has 0 atom stereocenters. The highest BCUT2D eigenvalue weighted by Gasteiger charge is 1.95. The van der Waals surface area contributed by atoms with Crippen LogP contribution in [-0.2, 0) is 0 Å². The van der Waals surface area contributed by atoms with Crippen molar-refractivity contribution in [2.75, 3.05) is 18.1 Å². The summed E-state index contributed by atoms with van der Waals surface area (Å²) >= 11 is 2.12. The molecule has 0 aliphatic heterocycles. The monoisotopic (exact) mass is 339 g/mol. The van der Waals surface area contributed by atoms with E-state index in [0.717, 1.165) is 12.4 Å². The fourth-order valence-corrected chi connectivity index (χ4v) is 3.40. The predicted octanol–water partition coefficient (Wildman–Crippen LogP) is 6.88. The minimum Gasteiger partial charge on any atom is -0.494 e. The summed E-state index contributed by atoms with van der Waals surface area (Å²) in [6, 6.07) is 10.1. The minimum atomic E-state index is 0. The van der Waals surface area contributed by atoms with E-state index in [-0.39, 0.29) is 6.15 Å². The Kier molecular flexibility index (Phi) is 17.2. The van der Waals surface area contributed by atoms with E-state index in [1.54, 1.807) is 0 Å². The molecule has 0 radical (unpaired) electrons. The van der Waals surface area contributed by atoms with Crippen LogP contribution in [0.1, 0.15) is 71.1 Å². The molecule has 0 fully saturated rings. The first-order valence-electron chi connectivity index (χ1n) is 9.19. The fraction of sp³-hybridized carbons (Fsp3) is 0.700. The molecule has 0 aliphatic rings. The summed E-state index contributed by atoms with van der Waals surface area (Å²) in [6.45, 7) is 3.13. The summed E-state index contributed by atoms with van der Waals surface area (Å²) in [7, 11) is 0. The largest absolute Gasteiger partial charge is 0.494 e. The molecule has 0 bridgehead atoms. The Morgan fingerprint density at radius 1 is 0.739 bits per heavy atom. The van der Waals surface area contributed by atoms with Crippen molar-refractivity contribution < 1.29 is 4.74 Å². The number of hydrogen-bond donors (Lipinski definition) is 1. The molecule has 1 aromatic rings. The summed E-state index contributed by atoms with van der Waals surface area (Å²) in [5, 5.41) is 0. The highest BCUT2D eigenvalue weighted by Crippen LogP contribution is 2.13. The Balaban J connectivity index is 0.00000484. The number of unbranched alkanes of at least 4 members (excludes halogenated alkanes) is 8. The van der Waals surface area contributed by atoms with Gasteiger partial charge >= 0.3 is 0 Å². The molecule has 0 aromatic heterocycles. The molecule has 0 saturated carbocycles. The van der Waals surface area contributed by atoms with Gasteiger partial charge in [-0.05, 0) is 42.9 Å². The maximum Gasteiger partial charge on any atom is 0.119 e. The van der Waals surface area contributed by atoms with E-state index in [4.69, 9.17) is 4.74 Å². The van der Waals surface area contributed by atoms with Crippen LogP contribution in [0.15, 0.2) is 30.3 Å². The van der Waals surface area contributed by atoms with Gasteiger partial charge in [0.2, 0.25) is 0 Å². The summed E-state index contributed by atoms with van der Waals surface area (Å²) in [5.41, 5.74) is 0. The normalized spacial score (nSPS) is 10.3. The number of hydrogen-bond acceptors (Lipinski definition) is 3. The van der Waals surface area contributed by atoms with Crippen molar-refractivity contribution in [1.29, 1.82) is 0 Å². The zero-order valence-corrected chi connectivity index (χ0v) is 15.9. The third-order valence-corrected chi connectivity index (χ3v) is 5.07. The standard InChI is InChI=1S/C20H34OS.H3N/c1-2-18-22-19-14-9-7-5-3-4-6-8-13-17-21-20-15-11-10-12-16-20;/h10-12,15-16H,2-9,13-14,17-19H2,1H3;1H3. The molecule has 1 rings (SSSR count). The molecule has 3 heteroatoms. The van der Waals surface area contributed by atoms with Gasteiger partial charge in [0, 0.05) is 0 Å². The van der Waals surface area contributed by atoms with Crippen molar-refractivity contribution in [2.24, 2.45) is 0 Å². The van der Waals surface area contributed by atoms with Crippen molar-refractivity contribution in [2.45, 2.75) is 71.1 Å². The van der Waals surface area contributed by atoms with Gasteiger partial charge in [-0.2, -0.15) is 11.8 Å². The smallest absolute Gasteiger partial charge is 0.119 e. The van der Waals surface area contributed by atoms with E-state index in [9.17, 15) is 0 Å². The molecule has 2 nitrogen and oxygen atoms in total. The van der Waals surface area contributed by atoms with E-state index >= 15 is 0 Å². The van der Waals surface area contributed by atoms with Crippen LogP contribution in [0.4, 0.5) is 0 Å². The van der Waals surface area contributed by atoms with Gasteiger partial charge in [-0.1, -0.05) is 70.1 Å². The zero-order chi connectivity index (χ0) is 15.7. The topological polar surface area (TPSA) is 44.2 Å². The third-order valence-electron chi connectivity index (χ3n) is 3.79. The Morgan fingerprint density at radius 3 is 1.91 bits per heavy atom. The van der Waals surface area contributed by atoms with Gasteiger partial charge in [-0.15, -0.1) is 0 Å². The predicted molar refractivity (Wildman–Crippen MR) is 106 cm³/mol. The number of thioether (sulfide) groups is 1. The Hall–Kier alpha value is -0.670. The molecule has 0 aliphatic carbocycles. The first-order valence-corrected chi connectivity index (χ1v) is 10.3. The van der Waals surface area contributed by atoms with Gasteiger partial charge in [-0.3, -0.25) is 0 Å². The average Bonchev–Trinajstić information content (AvgIpc) is 2.56. The summed E-state index contributed by atoms with van der Waals surface area (Å²) in [4.78, 5) is 0. The minimum absolute atomic E-state index is 0. The highest BCUT2D eigenvalue weighted by atomic mass is 32.2. The van der Waals surface area contributed by atoms with Gasteiger partial charge in [0.25, 0.3) is 0 Å². The lowest BCUT2D eigenvalue weighted by atomic mass is 10.1. The lowest BCUT2D eigenvalue weighted by Crippen LogP contribution is -1.96. The van der Waals surface area contributed by atoms with Crippen molar-refractivity contribution in [1.82, 2.24) is 6.15 Å². The maximum absolute atomic E-state index is 5.70. The molecule has 0 heterocycles. The number of rotatable bonds is 15. The SMILES string of the molecule is CCCSCCCCCCCCCCCOc1ccccc1.N.